The number of ether oxygens (including phenoxy) is 3. The van der Waals surface area contributed by atoms with E-state index >= 15 is 0 Å². The number of nitrogens with zero attached hydrogens (tertiary/aromatic N) is 1. The van der Waals surface area contributed by atoms with Gasteiger partial charge in [-0.25, -0.2) is 4.79 Å². The zero-order valence-electron chi connectivity index (χ0n) is 15.8. The monoisotopic (exact) mass is 388 g/mol. The largest absolute Gasteiger partial charge is 0.496 e. The van der Waals surface area contributed by atoms with Crippen LogP contribution >= 0.6 is 0 Å². The number of non-ortho nitro benzene ring substituents is 1. The number of rotatable bonds is 7. The van der Waals surface area contributed by atoms with E-state index in [0.717, 1.165) is 5.56 Å². The number of nitro groups is 1. The van der Waals surface area contributed by atoms with Gasteiger partial charge < -0.3 is 19.5 Å². The summed E-state index contributed by atoms with van der Waals surface area (Å²) in [5.41, 5.74) is 0.939. The van der Waals surface area contributed by atoms with Gasteiger partial charge in [0.05, 0.1) is 24.7 Å². The molecule has 0 aromatic heterocycles. The van der Waals surface area contributed by atoms with Gasteiger partial charge in [0.1, 0.15) is 11.5 Å². The third-order valence-electron chi connectivity index (χ3n) is 3.97. The summed E-state index contributed by atoms with van der Waals surface area (Å²) in [4.78, 5) is 34.9. The Bertz CT molecular complexity index is 886. The first-order valence-electron chi connectivity index (χ1n) is 8.25. The van der Waals surface area contributed by atoms with Crippen LogP contribution in [0.1, 0.15) is 22.8 Å². The van der Waals surface area contributed by atoms with Crippen LogP contribution in [-0.2, 0) is 9.53 Å². The Morgan fingerprint density at radius 1 is 1.11 bits per heavy atom. The molecule has 2 aromatic carbocycles. The molecule has 9 heteroatoms. The minimum atomic E-state index is -1.13. The number of anilines is 1. The molecule has 0 aliphatic carbocycles. The van der Waals surface area contributed by atoms with E-state index in [4.69, 9.17) is 14.2 Å². The van der Waals surface area contributed by atoms with Crippen molar-refractivity contribution in [2.45, 2.75) is 20.0 Å². The molecule has 148 valence electrons. The van der Waals surface area contributed by atoms with E-state index in [1.165, 1.54) is 57.5 Å². The fourth-order valence-electron chi connectivity index (χ4n) is 2.43. The van der Waals surface area contributed by atoms with Crippen molar-refractivity contribution in [3.63, 3.8) is 0 Å². The number of hydrogen-bond donors (Lipinski definition) is 1. The van der Waals surface area contributed by atoms with Gasteiger partial charge in [0.2, 0.25) is 0 Å². The van der Waals surface area contributed by atoms with Crippen LogP contribution in [0.4, 0.5) is 11.4 Å². The molecule has 9 nitrogen and oxygen atoms in total. The topological polar surface area (TPSA) is 117 Å². The summed E-state index contributed by atoms with van der Waals surface area (Å²) in [6, 6.07) is 8.43. The van der Waals surface area contributed by atoms with Crippen molar-refractivity contribution in [3.05, 3.63) is 57.6 Å². The van der Waals surface area contributed by atoms with Gasteiger partial charge in [-0.05, 0) is 32.0 Å². The third kappa shape index (κ3) is 4.76. The van der Waals surface area contributed by atoms with Crippen molar-refractivity contribution >= 4 is 23.3 Å². The second-order valence-electron chi connectivity index (χ2n) is 5.85. The lowest BCUT2D eigenvalue weighted by atomic mass is 10.1. The van der Waals surface area contributed by atoms with Gasteiger partial charge in [-0.1, -0.05) is 6.07 Å². The first-order valence-corrected chi connectivity index (χ1v) is 8.25. The molecule has 2 rings (SSSR count). The zero-order chi connectivity index (χ0) is 20.8. The summed E-state index contributed by atoms with van der Waals surface area (Å²) in [7, 11) is 2.93. The minimum absolute atomic E-state index is 0.161. The molecule has 1 N–H and O–H groups in total. The van der Waals surface area contributed by atoms with Gasteiger partial charge in [-0.2, -0.15) is 0 Å². The van der Waals surface area contributed by atoms with Crippen LogP contribution in [0.3, 0.4) is 0 Å². The molecule has 0 unspecified atom stereocenters. The predicted octanol–water partition coefficient (Wildman–Crippen LogP) is 3.10. The highest BCUT2D eigenvalue weighted by atomic mass is 16.6. The van der Waals surface area contributed by atoms with Crippen LogP contribution < -0.4 is 14.8 Å². The number of benzene rings is 2. The van der Waals surface area contributed by atoms with Crippen LogP contribution in [0.25, 0.3) is 0 Å². The van der Waals surface area contributed by atoms with E-state index in [9.17, 15) is 19.7 Å². The molecule has 0 spiro atoms. The molecule has 0 radical (unpaired) electrons. The van der Waals surface area contributed by atoms with Crippen LogP contribution in [0.2, 0.25) is 0 Å². The lowest BCUT2D eigenvalue weighted by molar-refractivity contribution is -0.384. The molecule has 0 heterocycles. The van der Waals surface area contributed by atoms with Gasteiger partial charge in [-0.3, -0.25) is 14.9 Å². The Labute approximate surface area is 161 Å². The number of methoxy groups -OCH3 is 2. The number of nitrogens with one attached hydrogen (secondary N) is 1. The molecule has 1 atom stereocenters. The predicted molar refractivity (Wildman–Crippen MR) is 101 cm³/mol. The summed E-state index contributed by atoms with van der Waals surface area (Å²) >= 11 is 0. The van der Waals surface area contributed by atoms with E-state index in [2.05, 4.69) is 5.32 Å². The maximum Gasteiger partial charge on any atom is 0.339 e. The maximum atomic E-state index is 12.4. The van der Waals surface area contributed by atoms with Crippen LogP contribution in [0, 0.1) is 17.0 Å². The Morgan fingerprint density at radius 3 is 2.25 bits per heavy atom. The molecule has 0 saturated carbocycles. The van der Waals surface area contributed by atoms with Gasteiger partial charge in [0, 0.05) is 23.4 Å². The molecule has 0 aliphatic rings. The average molecular weight is 388 g/mol. The first-order chi connectivity index (χ1) is 13.3. The molecule has 1 amide bonds. The van der Waals surface area contributed by atoms with Crippen molar-refractivity contribution in [2.24, 2.45) is 0 Å². The zero-order valence-corrected chi connectivity index (χ0v) is 15.8. The van der Waals surface area contributed by atoms with Gasteiger partial charge in [0.15, 0.2) is 6.10 Å². The smallest absolute Gasteiger partial charge is 0.339 e. The lowest BCUT2D eigenvalue weighted by Gasteiger charge is -2.15. The summed E-state index contributed by atoms with van der Waals surface area (Å²) in [6.07, 6.45) is -1.13. The van der Waals surface area contributed by atoms with E-state index in [1.54, 1.807) is 6.92 Å². The van der Waals surface area contributed by atoms with Crippen molar-refractivity contribution in [3.8, 4) is 11.5 Å². The Morgan fingerprint density at radius 2 is 1.71 bits per heavy atom. The summed E-state index contributed by atoms with van der Waals surface area (Å²) < 4.78 is 15.6. The van der Waals surface area contributed by atoms with E-state index in [1.807, 2.05) is 0 Å². The molecule has 2 aromatic rings. The second-order valence-corrected chi connectivity index (χ2v) is 5.85. The SMILES string of the molecule is COc1cc(C(=O)O[C@@H](C)C(=O)Nc2cccc([N+](=O)[O-])c2)cc(OC)c1C. The quantitative estimate of drug-likeness (QED) is 0.440. The van der Waals surface area contributed by atoms with E-state index < -0.39 is 22.9 Å². The van der Waals surface area contributed by atoms with Crippen molar-refractivity contribution in [1.82, 2.24) is 0 Å². The Hall–Kier alpha value is -3.62. The highest BCUT2D eigenvalue weighted by molar-refractivity contribution is 5.97. The first kappa shape index (κ1) is 20.7. The fourth-order valence-corrected chi connectivity index (χ4v) is 2.43. The van der Waals surface area contributed by atoms with E-state index in [-0.39, 0.29) is 16.9 Å². The minimum Gasteiger partial charge on any atom is -0.496 e. The summed E-state index contributed by atoms with van der Waals surface area (Å²) in [5.74, 6) is -0.474. The highest BCUT2D eigenvalue weighted by Crippen LogP contribution is 2.30. The maximum absolute atomic E-state index is 12.4. The molecular weight excluding hydrogens is 368 g/mol. The fraction of sp³-hybridized carbons (Fsp3) is 0.263. The third-order valence-corrected chi connectivity index (χ3v) is 3.97. The summed E-state index contributed by atoms with van der Waals surface area (Å²) in [6.45, 7) is 3.18. The summed E-state index contributed by atoms with van der Waals surface area (Å²) in [5, 5.41) is 13.3. The number of carbonyl (C=O) groups excluding carboxylic acids is 2. The molecule has 0 bridgehead atoms. The number of hydrogen-bond acceptors (Lipinski definition) is 7. The molecule has 28 heavy (non-hydrogen) atoms. The van der Waals surface area contributed by atoms with Gasteiger partial charge >= 0.3 is 5.97 Å². The van der Waals surface area contributed by atoms with Gasteiger partial charge in [-0.15, -0.1) is 0 Å². The van der Waals surface area contributed by atoms with Crippen LogP contribution in [0.15, 0.2) is 36.4 Å². The van der Waals surface area contributed by atoms with Crippen molar-refractivity contribution in [1.29, 1.82) is 0 Å². The normalized spacial score (nSPS) is 11.3. The number of amides is 1. The van der Waals surface area contributed by atoms with Crippen molar-refractivity contribution in [2.75, 3.05) is 19.5 Å². The molecule has 0 fully saturated rings. The number of esters is 1. The van der Waals surface area contributed by atoms with Crippen LogP contribution in [0.5, 0.6) is 11.5 Å². The second kappa shape index (κ2) is 8.85. The van der Waals surface area contributed by atoms with E-state index in [0.29, 0.717) is 11.5 Å². The van der Waals surface area contributed by atoms with Crippen molar-refractivity contribution < 1.29 is 28.7 Å². The Kier molecular flexibility index (Phi) is 6.54. The number of nitro benzene ring substituents is 1. The molecule has 0 aliphatic heterocycles. The van der Waals surface area contributed by atoms with Gasteiger partial charge in [0.25, 0.3) is 11.6 Å². The number of carbonyl (C=O) groups is 2. The van der Waals surface area contributed by atoms with Crippen LogP contribution in [-0.4, -0.2) is 37.1 Å². The molecular formula is C19H20N2O7. The standard InChI is InChI=1S/C19H20N2O7/c1-11-16(26-3)8-13(9-17(11)27-4)19(23)28-12(2)18(22)20-14-6-5-7-15(10-14)21(24)25/h5-10,12H,1-4H3,(H,20,22)/t12-/m0/s1. The highest BCUT2D eigenvalue weighted by Gasteiger charge is 2.21. The average Bonchev–Trinajstić information content (AvgIpc) is 2.68. The molecule has 0 saturated heterocycles. The Balaban J connectivity index is 2.10. The lowest BCUT2D eigenvalue weighted by Crippen LogP contribution is -2.30.